The Morgan fingerprint density at radius 2 is 1.79 bits per heavy atom. The fourth-order valence-electron chi connectivity index (χ4n) is 5.88. The van der Waals surface area contributed by atoms with Crippen LogP contribution in [0.4, 0.5) is 5.69 Å². The maximum atomic E-state index is 13.4. The summed E-state index contributed by atoms with van der Waals surface area (Å²) in [5.74, 6) is -0.0424. The zero-order valence-electron chi connectivity index (χ0n) is 18.4. The number of phenolic OH excluding ortho intramolecular Hbond substituents is 1. The summed E-state index contributed by atoms with van der Waals surface area (Å²) < 4.78 is 0. The molecule has 3 atom stereocenters. The van der Waals surface area contributed by atoms with Gasteiger partial charge in [0.15, 0.2) is 11.4 Å². The highest BCUT2D eigenvalue weighted by Gasteiger charge is 2.58. The summed E-state index contributed by atoms with van der Waals surface area (Å²) in [5.41, 5.74) is -0.342. The smallest absolute Gasteiger partial charge is 0.311 e. The van der Waals surface area contributed by atoms with Gasteiger partial charge in [-0.15, -0.1) is 0 Å². The number of nitrogens with one attached hydrogen (secondary N) is 1. The van der Waals surface area contributed by atoms with E-state index < -0.39 is 10.5 Å². The van der Waals surface area contributed by atoms with Crippen LogP contribution >= 0.6 is 0 Å². The van der Waals surface area contributed by atoms with Gasteiger partial charge in [-0.1, -0.05) is 49.2 Å². The fourth-order valence-corrected chi connectivity index (χ4v) is 5.88. The van der Waals surface area contributed by atoms with Crippen LogP contribution in [-0.4, -0.2) is 45.1 Å². The van der Waals surface area contributed by atoms with E-state index in [9.17, 15) is 25.1 Å². The standard InChI is InChI=1S/C25H29N3O5/c29-22-11-10-16(12-21(22)28(32)33)13-27-14-19-20(15-27)23(19)26-24(30)25(31,18-8-4-5-9-18)17-6-2-1-3-7-17/h1-3,6-7,10-12,18-20,23,29,31H,4-5,8-9,13-15H2,(H,26,30). The molecule has 3 N–H and O–H groups in total. The van der Waals surface area contributed by atoms with E-state index in [0.717, 1.165) is 44.3 Å². The topological polar surface area (TPSA) is 116 Å². The number of nitro groups is 1. The Hall–Kier alpha value is -2.97. The third-order valence-electron chi connectivity index (χ3n) is 7.72. The van der Waals surface area contributed by atoms with Gasteiger partial charge in [-0.25, -0.2) is 0 Å². The highest BCUT2D eigenvalue weighted by Crippen LogP contribution is 2.47. The normalized spacial score (nSPS) is 26.5. The summed E-state index contributed by atoms with van der Waals surface area (Å²) in [4.78, 5) is 26.1. The molecule has 8 nitrogen and oxygen atoms in total. The molecule has 5 rings (SSSR count). The minimum Gasteiger partial charge on any atom is -0.502 e. The van der Waals surface area contributed by atoms with Crippen molar-refractivity contribution in [1.29, 1.82) is 0 Å². The van der Waals surface area contributed by atoms with Crippen LogP contribution in [0.25, 0.3) is 0 Å². The molecule has 2 aliphatic carbocycles. The molecule has 1 aliphatic heterocycles. The Morgan fingerprint density at radius 3 is 2.42 bits per heavy atom. The molecule has 0 aromatic heterocycles. The quantitative estimate of drug-likeness (QED) is 0.440. The lowest BCUT2D eigenvalue weighted by Gasteiger charge is -2.33. The van der Waals surface area contributed by atoms with Gasteiger partial charge in [0.05, 0.1) is 4.92 Å². The number of carbonyl (C=O) groups is 1. The molecule has 3 aliphatic rings. The molecule has 2 aromatic rings. The van der Waals surface area contributed by atoms with E-state index in [1.165, 1.54) is 12.1 Å². The Labute approximate surface area is 192 Å². The minimum absolute atomic E-state index is 0.0551. The number of hydrogen-bond donors (Lipinski definition) is 3. The third-order valence-corrected chi connectivity index (χ3v) is 7.72. The minimum atomic E-state index is -1.50. The first kappa shape index (κ1) is 21.9. The van der Waals surface area contributed by atoms with E-state index >= 15 is 0 Å². The highest BCUT2D eigenvalue weighted by atomic mass is 16.6. The van der Waals surface area contributed by atoms with Gasteiger partial charge in [-0.05, 0) is 41.9 Å². The summed E-state index contributed by atoms with van der Waals surface area (Å²) in [6, 6.07) is 13.8. The van der Waals surface area contributed by atoms with Crippen LogP contribution in [0.1, 0.15) is 36.8 Å². The van der Waals surface area contributed by atoms with E-state index in [1.807, 2.05) is 30.3 Å². The van der Waals surface area contributed by atoms with E-state index in [0.29, 0.717) is 23.9 Å². The molecule has 8 heteroatoms. The van der Waals surface area contributed by atoms with Crippen LogP contribution < -0.4 is 5.32 Å². The SMILES string of the molecule is O=C(NC1C2CN(Cc3ccc(O)c([N+](=O)[O-])c3)CC21)C(O)(c1ccccc1)C1CCCC1. The average Bonchev–Trinajstić information content (AvgIpc) is 3.23. The van der Waals surface area contributed by atoms with Crippen LogP contribution in [0, 0.1) is 27.9 Å². The monoisotopic (exact) mass is 451 g/mol. The number of nitrogens with zero attached hydrogens (tertiary/aromatic N) is 2. The van der Waals surface area contributed by atoms with Crippen LogP contribution in [0.3, 0.4) is 0 Å². The largest absolute Gasteiger partial charge is 0.502 e. The number of likely N-dealkylation sites (tertiary alicyclic amines) is 1. The second-order valence-electron chi connectivity index (χ2n) is 9.72. The molecule has 1 heterocycles. The number of rotatable bonds is 7. The Balaban J connectivity index is 1.22. The molecule has 3 unspecified atom stereocenters. The first-order valence-corrected chi connectivity index (χ1v) is 11.7. The predicted octanol–water partition coefficient (Wildman–Crippen LogP) is 2.92. The Morgan fingerprint density at radius 1 is 1.12 bits per heavy atom. The number of piperidine rings is 1. The van der Waals surface area contributed by atoms with Crippen LogP contribution in [0.5, 0.6) is 5.75 Å². The van der Waals surface area contributed by atoms with Crippen LogP contribution in [0.2, 0.25) is 0 Å². The number of phenols is 1. The van der Waals surface area contributed by atoms with Gasteiger partial charge in [0.2, 0.25) is 0 Å². The maximum absolute atomic E-state index is 13.4. The second kappa shape index (κ2) is 8.43. The van der Waals surface area contributed by atoms with Gasteiger partial charge in [0.1, 0.15) is 0 Å². The average molecular weight is 452 g/mol. The summed E-state index contributed by atoms with van der Waals surface area (Å²) in [6.07, 6.45) is 3.77. The molecule has 1 saturated heterocycles. The van der Waals surface area contributed by atoms with Crippen molar-refractivity contribution in [1.82, 2.24) is 10.2 Å². The van der Waals surface area contributed by atoms with E-state index in [-0.39, 0.29) is 29.3 Å². The van der Waals surface area contributed by atoms with Crippen LogP contribution in [0.15, 0.2) is 48.5 Å². The lowest BCUT2D eigenvalue weighted by molar-refractivity contribution is -0.385. The first-order chi connectivity index (χ1) is 15.9. The number of aliphatic hydroxyl groups is 1. The zero-order chi connectivity index (χ0) is 23.2. The molecular weight excluding hydrogens is 422 g/mol. The van der Waals surface area contributed by atoms with Gasteiger partial charge in [-0.3, -0.25) is 19.8 Å². The van der Waals surface area contributed by atoms with Crippen molar-refractivity contribution in [3.8, 4) is 5.75 Å². The molecular formula is C25H29N3O5. The number of hydrogen-bond acceptors (Lipinski definition) is 6. The van der Waals surface area contributed by atoms with E-state index in [4.69, 9.17) is 0 Å². The van der Waals surface area contributed by atoms with E-state index in [1.54, 1.807) is 6.07 Å². The van der Waals surface area contributed by atoms with Gasteiger partial charge in [0, 0.05) is 37.7 Å². The lowest BCUT2D eigenvalue weighted by Crippen LogP contribution is -2.50. The lowest BCUT2D eigenvalue weighted by atomic mass is 9.79. The Bertz CT molecular complexity index is 1040. The number of nitro benzene ring substituents is 1. The molecule has 0 spiro atoms. The number of carbonyl (C=O) groups excluding carboxylic acids is 1. The van der Waals surface area contributed by atoms with Crippen molar-refractivity contribution >= 4 is 11.6 Å². The van der Waals surface area contributed by atoms with Crippen molar-refractivity contribution in [2.24, 2.45) is 17.8 Å². The Kier molecular flexibility index (Phi) is 5.58. The van der Waals surface area contributed by atoms with Crippen molar-refractivity contribution in [3.63, 3.8) is 0 Å². The van der Waals surface area contributed by atoms with Crippen LogP contribution in [-0.2, 0) is 16.9 Å². The summed E-state index contributed by atoms with van der Waals surface area (Å²) in [5, 5.41) is 35.5. The molecule has 174 valence electrons. The van der Waals surface area contributed by atoms with E-state index in [2.05, 4.69) is 10.2 Å². The molecule has 0 radical (unpaired) electrons. The fraction of sp³-hybridized carbons (Fsp3) is 0.480. The zero-order valence-corrected chi connectivity index (χ0v) is 18.4. The summed E-state index contributed by atoms with van der Waals surface area (Å²) >= 11 is 0. The van der Waals surface area contributed by atoms with Crippen molar-refractivity contribution in [3.05, 3.63) is 69.8 Å². The van der Waals surface area contributed by atoms with Gasteiger partial charge < -0.3 is 15.5 Å². The van der Waals surface area contributed by atoms with Gasteiger partial charge in [-0.2, -0.15) is 0 Å². The third kappa shape index (κ3) is 3.98. The molecule has 3 fully saturated rings. The predicted molar refractivity (Wildman–Crippen MR) is 121 cm³/mol. The molecule has 2 saturated carbocycles. The van der Waals surface area contributed by atoms with Gasteiger partial charge >= 0.3 is 5.69 Å². The molecule has 1 amide bonds. The van der Waals surface area contributed by atoms with Crippen molar-refractivity contribution < 1.29 is 19.9 Å². The summed E-state index contributed by atoms with van der Waals surface area (Å²) in [7, 11) is 0. The second-order valence-corrected chi connectivity index (χ2v) is 9.72. The number of amides is 1. The van der Waals surface area contributed by atoms with Crippen molar-refractivity contribution in [2.45, 2.75) is 43.9 Å². The number of benzene rings is 2. The first-order valence-electron chi connectivity index (χ1n) is 11.7. The molecule has 33 heavy (non-hydrogen) atoms. The van der Waals surface area contributed by atoms with Crippen molar-refractivity contribution in [2.75, 3.05) is 13.1 Å². The molecule has 0 bridgehead atoms. The number of aromatic hydroxyl groups is 1. The summed E-state index contributed by atoms with van der Waals surface area (Å²) in [6.45, 7) is 2.14. The molecule has 2 aromatic carbocycles. The maximum Gasteiger partial charge on any atom is 0.311 e. The highest BCUT2D eigenvalue weighted by molar-refractivity contribution is 5.87. The van der Waals surface area contributed by atoms with Gasteiger partial charge in [0.25, 0.3) is 5.91 Å². The number of fused-ring (bicyclic) bond motifs is 1.